The van der Waals surface area contributed by atoms with E-state index in [1.54, 1.807) is 38.7 Å². The van der Waals surface area contributed by atoms with Crippen molar-refractivity contribution in [1.82, 2.24) is 9.80 Å². The van der Waals surface area contributed by atoms with Gasteiger partial charge in [-0.15, -0.1) is 6.58 Å². The van der Waals surface area contributed by atoms with E-state index in [1.807, 2.05) is 60.7 Å². The molecule has 0 unspecified atom stereocenters. The van der Waals surface area contributed by atoms with Crippen LogP contribution in [-0.4, -0.2) is 51.6 Å². The number of esters is 1. The number of β-lactam (4-membered cyclic amide) rings is 1. The molecule has 2 amide bonds. The largest absolute Gasteiger partial charge is 0.458 e. The lowest BCUT2D eigenvalue weighted by molar-refractivity contribution is -0.190. The third-order valence-electron chi connectivity index (χ3n) is 6.52. The fourth-order valence-corrected chi connectivity index (χ4v) is 4.90. The number of carbonyl (C=O) groups is 3. The average Bonchev–Trinajstić information content (AvgIpc) is 3.18. The molecule has 2 aliphatic rings. The predicted molar refractivity (Wildman–Crippen MR) is 131 cm³/mol. The van der Waals surface area contributed by atoms with Gasteiger partial charge in [0.15, 0.2) is 0 Å². The summed E-state index contributed by atoms with van der Waals surface area (Å²) in [6, 6.07) is 17.2. The van der Waals surface area contributed by atoms with Crippen LogP contribution in [0.15, 0.2) is 73.3 Å². The highest BCUT2D eigenvalue weighted by Gasteiger charge is 2.63. The first kappa shape index (κ1) is 24.5. The van der Waals surface area contributed by atoms with Crippen LogP contribution in [0.5, 0.6) is 0 Å². The van der Waals surface area contributed by atoms with Crippen LogP contribution in [0.2, 0.25) is 0 Å². The monoisotopic (exact) mass is 476 g/mol. The van der Waals surface area contributed by atoms with Crippen molar-refractivity contribution in [3.05, 3.63) is 84.4 Å². The number of amides is 2. The van der Waals surface area contributed by atoms with Gasteiger partial charge < -0.3 is 14.4 Å². The lowest BCUT2D eigenvalue weighted by Gasteiger charge is -2.57. The second kappa shape index (κ2) is 9.21. The highest BCUT2D eigenvalue weighted by molar-refractivity contribution is 5.98. The molecule has 0 bridgehead atoms. The Kier molecular flexibility index (Phi) is 6.45. The SMILES string of the molecule is C=CC[C@@](C)(C(=O)OC(C)(C)C)N1C(=O)[C@@H](N2C(=O)OC[C@@H]2c2ccccc2)[C@H]1c1ccccc1. The molecule has 184 valence electrons. The van der Waals surface area contributed by atoms with E-state index in [2.05, 4.69) is 6.58 Å². The van der Waals surface area contributed by atoms with Crippen molar-refractivity contribution < 1.29 is 23.9 Å². The number of hydrogen-bond acceptors (Lipinski definition) is 5. The predicted octanol–water partition coefficient (Wildman–Crippen LogP) is 4.81. The normalized spacial score (nSPS) is 23.8. The van der Waals surface area contributed by atoms with Gasteiger partial charge in [-0.3, -0.25) is 9.69 Å². The number of ether oxygens (including phenoxy) is 2. The van der Waals surface area contributed by atoms with Crippen molar-refractivity contribution >= 4 is 18.0 Å². The first-order valence-electron chi connectivity index (χ1n) is 11.8. The second-order valence-corrected chi connectivity index (χ2v) is 10.2. The van der Waals surface area contributed by atoms with E-state index in [1.165, 1.54) is 4.90 Å². The minimum absolute atomic E-state index is 0.157. The van der Waals surface area contributed by atoms with Crippen molar-refractivity contribution in [2.45, 2.75) is 63.4 Å². The van der Waals surface area contributed by atoms with Gasteiger partial charge in [0.25, 0.3) is 0 Å². The van der Waals surface area contributed by atoms with Gasteiger partial charge in [-0.1, -0.05) is 66.7 Å². The third kappa shape index (κ3) is 4.43. The standard InChI is InChI=1S/C28H32N2O5/c1-6-17-28(5,25(32)35-27(2,3)4)30-22(20-15-11-8-12-16-20)23(24(30)31)29-21(18-34-26(29)33)19-13-9-7-10-14-19/h6-16,21-23H,1,17-18H2,2-5H3/t21-,22-,23+,28+/m1/s1. The molecule has 35 heavy (non-hydrogen) atoms. The highest BCUT2D eigenvalue weighted by atomic mass is 16.6. The Morgan fingerprint density at radius 1 is 1.00 bits per heavy atom. The summed E-state index contributed by atoms with van der Waals surface area (Å²) in [6.07, 6.45) is 1.28. The third-order valence-corrected chi connectivity index (χ3v) is 6.52. The Hall–Kier alpha value is -3.61. The van der Waals surface area contributed by atoms with Gasteiger partial charge in [0, 0.05) is 0 Å². The van der Waals surface area contributed by atoms with E-state index in [-0.39, 0.29) is 18.9 Å². The molecule has 2 aliphatic heterocycles. The molecule has 4 rings (SSSR count). The van der Waals surface area contributed by atoms with Crippen molar-refractivity contribution in [3.63, 3.8) is 0 Å². The number of nitrogens with zero attached hydrogens (tertiary/aromatic N) is 2. The topological polar surface area (TPSA) is 76.2 Å². The second-order valence-electron chi connectivity index (χ2n) is 10.2. The Balaban J connectivity index is 1.77. The molecule has 2 fully saturated rings. The number of carbonyl (C=O) groups excluding carboxylic acids is 3. The smallest absolute Gasteiger partial charge is 0.411 e. The van der Waals surface area contributed by atoms with Gasteiger partial charge in [0.05, 0.1) is 12.1 Å². The number of likely N-dealkylation sites (tertiary alicyclic amines) is 1. The average molecular weight is 477 g/mol. The van der Waals surface area contributed by atoms with Gasteiger partial charge >= 0.3 is 12.1 Å². The van der Waals surface area contributed by atoms with E-state index in [0.717, 1.165) is 11.1 Å². The molecule has 7 nitrogen and oxygen atoms in total. The van der Waals surface area contributed by atoms with Crippen LogP contribution in [0.4, 0.5) is 4.79 Å². The van der Waals surface area contributed by atoms with E-state index >= 15 is 0 Å². The van der Waals surface area contributed by atoms with Crippen molar-refractivity contribution in [2.75, 3.05) is 6.61 Å². The lowest BCUT2D eigenvalue weighted by atomic mass is 9.79. The summed E-state index contributed by atoms with van der Waals surface area (Å²) < 4.78 is 11.1. The van der Waals surface area contributed by atoms with Crippen LogP contribution >= 0.6 is 0 Å². The number of benzene rings is 2. The summed E-state index contributed by atoms with van der Waals surface area (Å²) in [5, 5.41) is 0. The number of hydrogen-bond donors (Lipinski definition) is 0. The lowest BCUT2D eigenvalue weighted by Crippen LogP contribution is -2.73. The molecule has 7 heteroatoms. The van der Waals surface area contributed by atoms with E-state index < -0.39 is 41.3 Å². The van der Waals surface area contributed by atoms with Gasteiger partial charge in [-0.2, -0.15) is 0 Å². The molecule has 4 atom stereocenters. The Bertz CT molecular complexity index is 1110. The van der Waals surface area contributed by atoms with Gasteiger partial charge in [0.1, 0.15) is 23.8 Å². The molecule has 0 saturated carbocycles. The molecule has 0 N–H and O–H groups in total. The summed E-state index contributed by atoms with van der Waals surface area (Å²) in [7, 11) is 0. The van der Waals surface area contributed by atoms with Crippen LogP contribution in [-0.2, 0) is 19.1 Å². The summed E-state index contributed by atoms with van der Waals surface area (Å²) in [5.74, 6) is -0.838. The molecular formula is C28H32N2O5. The summed E-state index contributed by atoms with van der Waals surface area (Å²) in [5.41, 5.74) is -0.318. The molecule has 0 radical (unpaired) electrons. The zero-order valence-corrected chi connectivity index (χ0v) is 20.6. The Morgan fingerprint density at radius 2 is 1.57 bits per heavy atom. The molecule has 0 spiro atoms. The summed E-state index contributed by atoms with van der Waals surface area (Å²) >= 11 is 0. The highest BCUT2D eigenvalue weighted by Crippen LogP contribution is 2.48. The van der Waals surface area contributed by atoms with Crippen LogP contribution in [0.25, 0.3) is 0 Å². The van der Waals surface area contributed by atoms with Gasteiger partial charge in [-0.25, -0.2) is 9.59 Å². The minimum Gasteiger partial charge on any atom is -0.458 e. The fourth-order valence-electron chi connectivity index (χ4n) is 4.90. The molecule has 0 aromatic heterocycles. The zero-order valence-electron chi connectivity index (χ0n) is 20.6. The molecular weight excluding hydrogens is 444 g/mol. The summed E-state index contributed by atoms with van der Waals surface area (Å²) in [4.78, 5) is 43.3. The molecule has 2 aromatic carbocycles. The summed E-state index contributed by atoms with van der Waals surface area (Å²) in [6.45, 7) is 11.0. The molecule has 2 aromatic rings. The van der Waals surface area contributed by atoms with E-state index in [0.29, 0.717) is 0 Å². The maximum absolute atomic E-state index is 13.9. The fraction of sp³-hybridized carbons (Fsp3) is 0.393. The first-order chi connectivity index (χ1) is 16.6. The Morgan fingerprint density at radius 3 is 2.11 bits per heavy atom. The molecule has 2 saturated heterocycles. The van der Waals surface area contributed by atoms with Crippen molar-refractivity contribution in [3.8, 4) is 0 Å². The van der Waals surface area contributed by atoms with Gasteiger partial charge in [-0.05, 0) is 45.2 Å². The van der Waals surface area contributed by atoms with Crippen LogP contribution < -0.4 is 0 Å². The quantitative estimate of drug-likeness (QED) is 0.326. The molecule has 2 heterocycles. The van der Waals surface area contributed by atoms with Crippen molar-refractivity contribution in [2.24, 2.45) is 0 Å². The van der Waals surface area contributed by atoms with Crippen LogP contribution in [0, 0.1) is 0 Å². The maximum Gasteiger partial charge on any atom is 0.411 e. The number of cyclic esters (lactones) is 1. The van der Waals surface area contributed by atoms with Crippen molar-refractivity contribution in [1.29, 1.82) is 0 Å². The van der Waals surface area contributed by atoms with E-state index in [4.69, 9.17) is 9.47 Å². The maximum atomic E-state index is 13.9. The Labute approximate surface area is 206 Å². The van der Waals surface area contributed by atoms with Crippen LogP contribution in [0.3, 0.4) is 0 Å². The number of rotatable bonds is 7. The minimum atomic E-state index is -1.30. The van der Waals surface area contributed by atoms with Crippen LogP contribution in [0.1, 0.15) is 57.3 Å². The zero-order chi connectivity index (χ0) is 25.4. The molecule has 0 aliphatic carbocycles. The first-order valence-corrected chi connectivity index (χ1v) is 11.8. The van der Waals surface area contributed by atoms with Gasteiger partial charge in [0.2, 0.25) is 5.91 Å². The van der Waals surface area contributed by atoms with E-state index in [9.17, 15) is 14.4 Å².